The fourth-order valence-electron chi connectivity index (χ4n) is 5.75. The SMILES string of the molecule is C=CCOC(=O)C1=C(S[C@]2(CCCn3ccnc3)CCCN2C(=O)OCC=C)[C@H](C)[C@@H]2[C@@H]([C@@H](C)O)C(=O)N12. The summed E-state index contributed by atoms with van der Waals surface area (Å²) in [5.41, 5.74) is 0.205. The summed E-state index contributed by atoms with van der Waals surface area (Å²) in [6, 6.07) is -0.346. The third-order valence-corrected chi connectivity index (χ3v) is 9.26. The zero-order chi connectivity index (χ0) is 27.4. The summed E-state index contributed by atoms with van der Waals surface area (Å²) in [4.78, 5) is 46.8. The second-order valence-corrected chi connectivity index (χ2v) is 11.3. The van der Waals surface area contributed by atoms with Crippen LogP contribution in [0.2, 0.25) is 0 Å². The van der Waals surface area contributed by atoms with Crippen molar-refractivity contribution in [2.75, 3.05) is 19.8 Å². The number of rotatable bonds is 12. The maximum atomic E-state index is 13.3. The molecular weight excluding hydrogens is 508 g/mol. The highest BCUT2D eigenvalue weighted by Crippen LogP contribution is 2.56. The number of carbonyl (C=O) groups excluding carboxylic acids is 3. The van der Waals surface area contributed by atoms with E-state index in [1.165, 1.54) is 28.8 Å². The van der Waals surface area contributed by atoms with Crippen molar-refractivity contribution in [1.29, 1.82) is 0 Å². The van der Waals surface area contributed by atoms with Crippen LogP contribution in [0.15, 0.2) is 54.6 Å². The molecule has 0 saturated carbocycles. The largest absolute Gasteiger partial charge is 0.457 e. The minimum atomic E-state index is -0.845. The Labute approximate surface area is 227 Å². The predicted molar refractivity (Wildman–Crippen MR) is 142 cm³/mol. The molecule has 0 bridgehead atoms. The number of amides is 2. The maximum absolute atomic E-state index is 13.3. The van der Waals surface area contributed by atoms with Crippen molar-refractivity contribution >= 4 is 29.7 Å². The van der Waals surface area contributed by atoms with E-state index in [1.54, 1.807) is 24.3 Å². The van der Waals surface area contributed by atoms with Crippen molar-refractivity contribution in [2.24, 2.45) is 11.8 Å². The average molecular weight is 545 g/mol. The number of aryl methyl sites for hydroxylation is 1. The van der Waals surface area contributed by atoms with Gasteiger partial charge in [0, 0.05) is 36.3 Å². The number of aliphatic hydroxyl groups excluding tert-OH is 1. The summed E-state index contributed by atoms with van der Waals surface area (Å²) in [5.74, 6) is -1.71. The second kappa shape index (κ2) is 11.8. The lowest BCUT2D eigenvalue weighted by molar-refractivity contribution is -0.164. The number of β-lactam (4-membered cyclic amide) rings is 1. The molecule has 206 valence electrons. The van der Waals surface area contributed by atoms with Crippen LogP contribution in [-0.4, -0.2) is 79.2 Å². The first-order valence-electron chi connectivity index (χ1n) is 13.0. The molecule has 0 spiro atoms. The fraction of sp³-hybridized carbons (Fsp3) is 0.556. The van der Waals surface area contributed by atoms with E-state index in [9.17, 15) is 19.5 Å². The van der Waals surface area contributed by atoms with Gasteiger partial charge in [-0.1, -0.05) is 44.0 Å². The van der Waals surface area contributed by atoms with Gasteiger partial charge in [0.25, 0.3) is 0 Å². The van der Waals surface area contributed by atoms with Gasteiger partial charge in [-0.25, -0.2) is 14.6 Å². The molecule has 4 rings (SSSR count). The maximum Gasteiger partial charge on any atom is 0.411 e. The molecule has 0 aromatic carbocycles. The first kappa shape index (κ1) is 28.0. The van der Waals surface area contributed by atoms with E-state index in [0.717, 1.165) is 19.4 Å². The Hall–Kier alpha value is -3.05. The Morgan fingerprint density at radius 2 is 2.05 bits per heavy atom. The molecule has 1 aromatic heterocycles. The van der Waals surface area contributed by atoms with Crippen molar-refractivity contribution < 1.29 is 29.0 Å². The van der Waals surface area contributed by atoms with Crippen LogP contribution in [0, 0.1) is 11.8 Å². The van der Waals surface area contributed by atoms with Crippen LogP contribution in [0.1, 0.15) is 39.5 Å². The Balaban J connectivity index is 1.69. The van der Waals surface area contributed by atoms with Gasteiger partial charge in [-0.15, -0.1) is 0 Å². The summed E-state index contributed by atoms with van der Waals surface area (Å²) in [6.07, 6.45) is 9.99. The number of esters is 1. The van der Waals surface area contributed by atoms with E-state index in [2.05, 4.69) is 18.1 Å². The fourth-order valence-corrected chi connectivity index (χ4v) is 7.53. The van der Waals surface area contributed by atoms with Gasteiger partial charge in [-0.05, 0) is 32.6 Å². The molecule has 2 amide bonds. The van der Waals surface area contributed by atoms with E-state index in [-0.39, 0.29) is 36.8 Å². The number of imidazole rings is 1. The Bertz CT molecular complexity index is 1100. The van der Waals surface area contributed by atoms with E-state index < -0.39 is 29.0 Å². The zero-order valence-corrected chi connectivity index (χ0v) is 22.8. The predicted octanol–water partition coefficient (Wildman–Crippen LogP) is 3.31. The third-order valence-electron chi connectivity index (χ3n) is 7.46. The highest BCUT2D eigenvalue weighted by Gasteiger charge is 2.61. The van der Waals surface area contributed by atoms with E-state index in [0.29, 0.717) is 24.3 Å². The molecule has 38 heavy (non-hydrogen) atoms. The number of aliphatic hydroxyl groups is 1. The van der Waals surface area contributed by atoms with Crippen LogP contribution in [0.25, 0.3) is 0 Å². The first-order chi connectivity index (χ1) is 18.3. The average Bonchev–Trinajstić information content (AvgIpc) is 3.60. The van der Waals surface area contributed by atoms with Gasteiger partial charge in [0.1, 0.15) is 18.9 Å². The number of hydrogen-bond donors (Lipinski definition) is 1. The number of thioether (sulfide) groups is 1. The summed E-state index contributed by atoms with van der Waals surface area (Å²) < 4.78 is 12.8. The van der Waals surface area contributed by atoms with Gasteiger partial charge in [0.2, 0.25) is 5.91 Å². The lowest BCUT2D eigenvalue weighted by atomic mass is 9.79. The number of nitrogens with zero attached hydrogens (tertiary/aromatic N) is 4. The smallest absolute Gasteiger partial charge is 0.411 e. The van der Waals surface area contributed by atoms with Gasteiger partial charge < -0.3 is 24.0 Å². The molecule has 0 unspecified atom stereocenters. The number of hydrogen-bond acceptors (Lipinski definition) is 8. The molecule has 4 heterocycles. The minimum Gasteiger partial charge on any atom is -0.457 e. The summed E-state index contributed by atoms with van der Waals surface area (Å²) >= 11 is 1.46. The second-order valence-electron chi connectivity index (χ2n) is 9.93. The minimum absolute atomic E-state index is 0.0112. The van der Waals surface area contributed by atoms with Gasteiger partial charge in [-0.3, -0.25) is 9.69 Å². The molecule has 0 aliphatic carbocycles. The monoisotopic (exact) mass is 544 g/mol. The van der Waals surface area contributed by atoms with Crippen LogP contribution in [-0.2, 0) is 25.6 Å². The highest BCUT2D eigenvalue weighted by molar-refractivity contribution is 8.04. The van der Waals surface area contributed by atoms with Crippen molar-refractivity contribution in [2.45, 2.75) is 63.1 Å². The molecule has 1 N–H and O–H groups in total. The number of carbonyl (C=O) groups is 3. The van der Waals surface area contributed by atoms with Crippen LogP contribution in [0.5, 0.6) is 0 Å². The number of likely N-dealkylation sites (tertiary alicyclic amines) is 1. The summed E-state index contributed by atoms with van der Waals surface area (Å²) in [5, 5.41) is 10.3. The van der Waals surface area contributed by atoms with Crippen molar-refractivity contribution in [3.05, 3.63) is 54.6 Å². The zero-order valence-electron chi connectivity index (χ0n) is 22.0. The molecule has 2 fully saturated rings. The molecule has 3 aliphatic heterocycles. The van der Waals surface area contributed by atoms with Gasteiger partial charge in [0.05, 0.1) is 29.3 Å². The molecular formula is C27H36N4O6S. The van der Waals surface area contributed by atoms with Crippen LogP contribution in [0.4, 0.5) is 4.79 Å². The van der Waals surface area contributed by atoms with Crippen molar-refractivity contribution in [3.63, 3.8) is 0 Å². The molecule has 5 atom stereocenters. The highest BCUT2D eigenvalue weighted by atomic mass is 32.2. The third kappa shape index (κ3) is 5.13. The number of aromatic nitrogens is 2. The molecule has 1 aromatic rings. The molecule has 11 heteroatoms. The Morgan fingerprint density at radius 3 is 2.71 bits per heavy atom. The van der Waals surface area contributed by atoms with Crippen LogP contribution >= 0.6 is 11.8 Å². The quantitative estimate of drug-likeness (QED) is 0.242. The van der Waals surface area contributed by atoms with E-state index in [4.69, 9.17) is 9.47 Å². The summed E-state index contributed by atoms with van der Waals surface area (Å²) in [6.45, 7) is 12.2. The molecule has 3 aliphatic rings. The number of fused-ring (bicyclic) bond motifs is 1. The standard InChI is InChI=1S/C27H36N4O6S/c1-5-15-36-25(34)22-23(18(3)21-20(19(4)32)24(33)31(21)22)38-27(9-7-12-29-14-11-28-17-29)10-8-13-30(27)26(35)37-16-6-2/h5-6,11,14,17-21,32H,1-2,7-10,12-13,15-16H2,3-4H3/t18-,19-,20-,21-,27-/m1/s1. The lowest BCUT2D eigenvalue weighted by Crippen LogP contribution is -2.63. The number of ether oxygens (including phenoxy) is 2. The van der Waals surface area contributed by atoms with Crippen LogP contribution in [0.3, 0.4) is 0 Å². The first-order valence-corrected chi connectivity index (χ1v) is 13.8. The molecule has 2 saturated heterocycles. The van der Waals surface area contributed by atoms with Gasteiger partial charge in [0.15, 0.2) is 0 Å². The van der Waals surface area contributed by atoms with Crippen LogP contribution < -0.4 is 0 Å². The lowest BCUT2D eigenvalue weighted by Gasteiger charge is -2.46. The van der Waals surface area contributed by atoms with Gasteiger partial charge >= 0.3 is 12.1 Å². The van der Waals surface area contributed by atoms with Crippen molar-refractivity contribution in [1.82, 2.24) is 19.4 Å². The van der Waals surface area contributed by atoms with Crippen molar-refractivity contribution in [3.8, 4) is 0 Å². The summed E-state index contributed by atoms with van der Waals surface area (Å²) in [7, 11) is 0. The van der Waals surface area contributed by atoms with Gasteiger partial charge in [-0.2, -0.15) is 0 Å². The molecule has 0 radical (unpaired) electrons. The topological polar surface area (TPSA) is 114 Å². The van der Waals surface area contributed by atoms with E-state index in [1.807, 2.05) is 17.7 Å². The molecule has 10 nitrogen and oxygen atoms in total. The Kier molecular flexibility index (Phi) is 8.67. The normalized spacial score (nSPS) is 27.1. The van der Waals surface area contributed by atoms with E-state index >= 15 is 0 Å². The Morgan fingerprint density at radius 1 is 1.32 bits per heavy atom.